The van der Waals surface area contributed by atoms with Crippen LogP contribution in [0.2, 0.25) is 0 Å². The van der Waals surface area contributed by atoms with Crippen LogP contribution in [0.3, 0.4) is 0 Å². The Kier molecular flexibility index (Phi) is 78.6. The van der Waals surface area contributed by atoms with Crippen LogP contribution in [-0.4, -0.2) is 96.7 Å². The molecule has 0 saturated heterocycles. The molecule has 19 heteroatoms. The highest BCUT2D eigenvalue weighted by Crippen LogP contribution is 2.45. The van der Waals surface area contributed by atoms with Crippen molar-refractivity contribution in [2.24, 2.45) is 0 Å². The summed E-state index contributed by atoms with van der Waals surface area (Å²) in [5, 5.41) is 10.7. The van der Waals surface area contributed by atoms with Gasteiger partial charge in [-0.1, -0.05) is 419 Å². The summed E-state index contributed by atoms with van der Waals surface area (Å²) < 4.78 is 68.9. The molecule has 0 rings (SSSR count). The summed E-state index contributed by atoms with van der Waals surface area (Å²) in [7, 11) is -9.92. The lowest BCUT2D eigenvalue weighted by atomic mass is 10.0. The van der Waals surface area contributed by atoms with Gasteiger partial charge >= 0.3 is 39.5 Å². The first-order valence-electron chi connectivity index (χ1n) is 44.8. The van der Waals surface area contributed by atoms with Crippen LogP contribution in [0.15, 0.2) is 0 Å². The Labute approximate surface area is 645 Å². The van der Waals surface area contributed by atoms with Crippen LogP contribution in [0.25, 0.3) is 0 Å². The molecule has 105 heavy (non-hydrogen) atoms. The van der Waals surface area contributed by atoms with Crippen molar-refractivity contribution in [2.45, 2.75) is 489 Å². The number of phosphoric acid groups is 2. The summed E-state index contributed by atoms with van der Waals surface area (Å²) in [4.78, 5) is 73.2. The smallest absolute Gasteiger partial charge is 0.462 e. The summed E-state index contributed by atoms with van der Waals surface area (Å²) in [6.45, 7) is 5.05. The Balaban J connectivity index is 5.22. The predicted molar refractivity (Wildman–Crippen MR) is 432 cm³/mol. The third-order valence-corrected chi connectivity index (χ3v) is 22.3. The van der Waals surface area contributed by atoms with E-state index in [1.165, 1.54) is 302 Å². The molecule has 624 valence electrons. The molecule has 0 fully saturated rings. The van der Waals surface area contributed by atoms with Gasteiger partial charge in [0, 0.05) is 25.7 Å². The minimum Gasteiger partial charge on any atom is -0.462 e. The standard InChI is InChI=1S/C86H168O17P2/c1-5-9-13-17-21-25-29-32-35-38-40-42-44-47-50-53-57-61-65-69-73-86(91)103-82(77-97-84(89)71-67-63-59-55-51-48-46-43-41-39-36-33-30-26-22-18-14-10-6-2)79-101-105(94,95)99-75-80(87)74-98-104(92,93)100-78-81(76-96-83(88)70-66-62-58-54-28-24-20-16-12-8-4)102-85(90)72-68-64-60-56-52-49-45-37-34-31-27-23-19-15-11-7-3/h80-82,87H,5-79H2,1-4H3,(H,92,93)(H,94,95)/t80-,81+,82+/m0/s1. The third-order valence-electron chi connectivity index (χ3n) is 20.4. The SMILES string of the molecule is CCCCCCCCCCCCCCCCCCCCCCC(=O)O[C@H](COC(=O)CCCCCCCCCCCCCCCCCCCCC)COP(=O)(O)OC[C@@H](O)COP(=O)(O)OC[C@@H](COC(=O)CCCCCCCCCCCC)OC(=O)CCCCCCCCCCCCCCCCCC. The van der Waals surface area contributed by atoms with E-state index in [1.807, 2.05) is 0 Å². The van der Waals surface area contributed by atoms with Crippen LogP contribution in [0.4, 0.5) is 0 Å². The average molecular weight is 1540 g/mol. The van der Waals surface area contributed by atoms with Crippen molar-refractivity contribution in [3.05, 3.63) is 0 Å². The molecule has 0 heterocycles. The van der Waals surface area contributed by atoms with Gasteiger partial charge in [-0.05, 0) is 25.7 Å². The average Bonchev–Trinajstić information content (AvgIpc) is 0.915. The first kappa shape index (κ1) is 103. The molecule has 0 aliphatic heterocycles. The highest BCUT2D eigenvalue weighted by Gasteiger charge is 2.30. The lowest BCUT2D eigenvalue weighted by molar-refractivity contribution is -0.161. The van der Waals surface area contributed by atoms with Gasteiger partial charge in [0.25, 0.3) is 0 Å². The number of carbonyl (C=O) groups is 4. The van der Waals surface area contributed by atoms with E-state index in [0.717, 1.165) is 89.9 Å². The molecule has 17 nitrogen and oxygen atoms in total. The van der Waals surface area contributed by atoms with Crippen LogP contribution in [0.5, 0.6) is 0 Å². The predicted octanol–water partition coefficient (Wildman–Crippen LogP) is 26.5. The van der Waals surface area contributed by atoms with Gasteiger partial charge in [0.15, 0.2) is 12.2 Å². The van der Waals surface area contributed by atoms with Crippen LogP contribution < -0.4 is 0 Å². The van der Waals surface area contributed by atoms with Crippen molar-refractivity contribution in [1.82, 2.24) is 0 Å². The summed E-state index contributed by atoms with van der Waals surface area (Å²) in [6.07, 6.45) is 75.0. The van der Waals surface area contributed by atoms with Crippen molar-refractivity contribution >= 4 is 39.5 Å². The maximum Gasteiger partial charge on any atom is 0.472 e. The second-order valence-corrected chi connectivity index (χ2v) is 33.8. The molecular weight excluding hydrogens is 1370 g/mol. The highest BCUT2D eigenvalue weighted by atomic mass is 31.2. The Bertz CT molecular complexity index is 1980. The number of carbonyl (C=O) groups excluding carboxylic acids is 4. The van der Waals surface area contributed by atoms with Gasteiger partial charge in [-0.15, -0.1) is 0 Å². The second-order valence-electron chi connectivity index (χ2n) is 30.9. The quantitative estimate of drug-likeness (QED) is 0.0222. The van der Waals surface area contributed by atoms with E-state index >= 15 is 0 Å². The Morgan fingerprint density at radius 1 is 0.229 bits per heavy atom. The monoisotopic (exact) mass is 1540 g/mol. The minimum absolute atomic E-state index is 0.109. The molecule has 0 bridgehead atoms. The molecule has 0 amide bonds. The molecule has 0 aromatic heterocycles. The first-order chi connectivity index (χ1) is 51.2. The van der Waals surface area contributed by atoms with Crippen molar-refractivity contribution in [1.29, 1.82) is 0 Å². The van der Waals surface area contributed by atoms with E-state index in [0.29, 0.717) is 25.7 Å². The van der Waals surface area contributed by atoms with Crippen LogP contribution in [0.1, 0.15) is 471 Å². The Morgan fingerprint density at radius 2 is 0.381 bits per heavy atom. The van der Waals surface area contributed by atoms with E-state index in [9.17, 15) is 43.2 Å². The maximum absolute atomic E-state index is 13.1. The molecule has 0 spiro atoms. The third kappa shape index (κ3) is 79.9. The number of aliphatic hydroxyl groups is 1. The molecule has 0 aliphatic rings. The van der Waals surface area contributed by atoms with Gasteiger partial charge < -0.3 is 33.8 Å². The number of hydrogen-bond acceptors (Lipinski definition) is 15. The molecule has 0 aliphatic carbocycles. The van der Waals surface area contributed by atoms with Gasteiger partial charge in [-0.2, -0.15) is 0 Å². The van der Waals surface area contributed by atoms with E-state index in [1.54, 1.807) is 0 Å². The van der Waals surface area contributed by atoms with Crippen LogP contribution in [-0.2, 0) is 65.4 Å². The molecule has 3 N–H and O–H groups in total. The van der Waals surface area contributed by atoms with E-state index < -0.39 is 97.5 Å². The molecular formula is C86H168O17P2. The van der Waals surface area contributed by atoms with Gasteiger partial charge in [0.05, 0.1) is 26.4 Å². The van der Waals surface area contributed by atoms with Gasteiger partial charge in [0.2, 0.25) is 0 Å². The molecule has 0 radical (unpaired) electrons. The number of unbranched alkanes of at least 4 members (excludes halogenated alkanes) is 61. The zero-order valence-electron chi connectivity index (χ0n) is 68.7. The summed E-state index contributed by atoms with van der Waals surface area (Å²) in [5.41, 5.74) is 0. The lowest BCUT2D eigenvalue weighted by Gasteiger charge is -2.21. The normalized spacial score (nSPS) is 13.7. The minimum atomic E-state index is -4.96. The highest BCUT2D eigenvalue weighted by molar-refractivity contribution is 7.47. The van der Waals surface area contributed by atoms with Gasteiger partial charge in [-0.3, -0.25) is 37.3 Å². The number of phosphoric ester groups is 2. The molecule has 0 saturated carbocycles. The summed E-state index contributed by atoms with van der Waals surface area (Å²) in [5.74, 6) is -2.10. The molecule has 0 aromatic rings. The topological polar surface area (TPSA) is 237 Å². The fourth-order valence-corrected chi connectivity index (χ4v) is 15.1. The zero-order chi connectivity index (χ0) is 76.7. The largest absolute Gasteiger partial charge is 0.472 e. The molecule has 5 atom stereocenters. The van der Waals surface area contributed by atoms with Gasteiger partial charge in [0.1, 0.15) is 19.3 Å². The number of aliphatic hydroxyl groups excluding tert-OH is 1. The van der Waals surface area contributed by atoms with E-state index in [2.05, 4.69) is 27.7 Å². The van der Waals surface area contributed by atoms with E-state index in [4.69, 9.17) is 37.0 Å². The summed E-state index contributed by atoms with van der Waals surface area (Å²) in [6, 6.07) is 0. The van der Waals surface area contributed by atoms with E-state index in [-0.39, 0.29) is 25.7 Å². The lowest BCUT2D eigenvalue weighted by Crippen LogP contribution is -2.30. The number of rotatable bonds is 87. The molecule has 2 unspecified atom stereocenters. The van der Waals surface area contributed by atoms with Crippen molar-refractivity contribution < 1.29 is 80.2 Å². The number of hydrogen-bond donors (Lipinski definition) is 3. The van der Waals surface area contributed by atoms with Crippen LogP contribution >= 0.6 is 15.6 Å². The maximum atomic E-state index is 13.1. The van der Waals surface area contributed by atoms with Gasteiger partial charge in [-0.25, -0.2) is 9.13 Å². The first-order valence-corrected chi connectivity index (χ1v) is 47.8. The number of ether oxygens (including phenoxy) is 4. The Hall–Kier alpha value is -1.94. The van der Waals surface area contributed by atoms with Crippen molar-refractivity contribution in [3.63, 3.8) is 0 Å². The van der Waals surface area contributed by atoms with Crippen molar-refractivity contribution in [2.75, 3.05) is 39.6 Å². The fourth-order valence-electron chi connectivity index (χ4n) is 13.5. The second kappa shape index (κ2) is 80.1. The van der Waals surface area contributed by atoms with Crippen LogP contribution in [0, 0.1) is 0 Å². The molecule has 0 aromatic carbocycles. The van der Waals surface area contributed by atoms with Crippen molar-refractivity contribution in [3.8, 4) is 0 Å². The fraction of sp³-hybridized carbons (Fsp3) is 0.953. The Morgan fingerprint density at radius 3 is 0.562 bits per heavy atom. The number of esters is 4. The zero-order valence-corrected chi connectivity index (χ0v) is 70.5. The summed E-state index contributed by atoms with van der Waals surface area (Å²) >= 11 is 0.